The first-order valence-electron chi connectivity index (χ1n) is 8.01. The summed E-state index contributed by atoms with van der Waals surface area (Å²) in [5, 5.41) is 33.9. The molecule has 10 nitrogen and oxygen atoms in total. The molecule has 3 N–H and O–H groups in total. The summed E-state index contributed by atoms with van der Waals surface area (Å²) in [5.74, 6) is 0.148. The van der Waals surface area contributed by atoms with Crippen LogP contribution in [0.1, 0.15) is 13.8 Å². The van der Waals surface area contributed by atoms with Crippen LogP contribution >= 0.6 is 0 Å². The van der Waals surface area contributed by atoms with Gasteiger partial charge in [0, 0.05) is 11.5 Å². The molecule has 0 saturated carbocycles. The first kappa shape index (κ1) is 19.4. The van der Waals surface area contributed by atoms with Crippen LogP contribution in [0.4, 0.5) is 0 Å². The number of hydrogen-bond donors (Lipinski definition) is 3. The van der Waals surface area contributed by atoms with Crippen molar-refractivity contribution >= 4 is 0 Å². The van der Waals surface area contributed by atoms with Crippen molar-refractivity contribution in [3.05, 3.63) is 10.4 Å². The van der Waals surface area contributed by atoms with Gasteiger partial charge in [0.05, 0.1) is 19.8 Å². The summed E-state index contributed by atoms with van der Waals surface area (Å²) in [7, 11) is 0. The highest BCUT2D eigenvalue weighted by atomic mass is 16.7. The number of hydrogen-bond acceptors (Lipinski definition) is 8. The van der Waals surface area contributed by atoms with Gasteiger partial charge in [0.25, 0.3) is 0 Å². The minimum atomic E-state index is -1.27. The van der Waals surface area contributed by atoms with Gasteiger partial charge >= 0.3 is 0 Å². The molecular weight excluding hydrogens is 322 g/mol. The second kappa shape index (κ2) is 8.93. The average molecular weight is 347 g/mol. The molecule has 2 aliphatic rings. The summed E-state index contributed by atoms with van der Waals surface area (Å²) in [6, 6.07) is 0. The molecule has 2 aliphatic heterocycles. The number of rotatable bonds is 6. The van der Waals surface area contributed by atoms with Crippen LogP contribution in [0.25, 0.3) is 10.4 Å². The zero-order valence-corrected chi connectivity index (χ0v) is 13.8. The van der Waals surface area contributed by atoms with Crippen LogP contribution in [0.2, 0.25) is 0 Å². The predicted octanol–water partition coefficient (Wildman–Crippen LogP) is -0.234. The van der Waals surface area contributed by atoms with Crippen molar-refractivity contribution in [2.24, 2.45) is 17.0 Å². The molecule has 8 atom stereocenters. The van der Waals surface area contributed by atoms with E-state index in [2.05, 4.69) is 10.0 Å². The van der Waals surface area contributed by atoms with Crippen molar-refractivity contribution < 1.29 is 34.3 Å². The molecular formula is C14H25N3O7. The van der Waals surface area contributed by atoms with Gasteiger partial charge in [0.15, 0.2) is 12.6 Å². The fraction of sp³-hybridized carbons (Fsp3) is 1.00. The van der Waals surface area contributed by atoms with Crippen LogP contribution < -0.4 is 0 Å². The number of aliphatic hydroxyl groups excluding tert-OH is 3. The summed E-state index contributed by atoms with van der Waals surface area (Å²) >= 11 is 0. The Balaban J connectivity index is 1.93. The molecule has 0 aliphatic carbocycles. The molecule has 0 amide bonds. The molecule has 2 saturated heterocycles. The molecule has 2 fully saturated rings. The molecule has 2 rings (SSSR count). The molecule has 0 aromatic heterocycles. The topological polar surface area (TPSA) is 146 Å². The van der Waals surface area contributed by atoms with E-state index in [1.165, 1.54) is 0 Å². The van der Waals surface area contributed by atoms with Gasteiger partial charge in [-0.15, -0.1) is 0 Å². The number of ether oxygens (including phenoxy) is 4. The largest absolute Gasteiger partial charge is 0.388 e. The van der Waals surface area contributed by atoms with Crippen molar-refractivity contribution in [1.82, 2.24) is 0 Å². The molecule has 2 heterocycles. The summed E-state index contributed by atoms with van der Waals surface area (Å²) in [6.45, 7) is 4.35. The van der Waals surface area contributed by atoms with Crippen LogP contribution in [0.15, 0.2) is 5.11 Å². The minimum absolute atomic E-state index is 0.0335. The number of nitrogens with zero attached hydrogens (tertiary/aromatic N) is 3. The summed E-state index contributed by atoms with van der Waals surface area (Å²) in [6.07, 6.45) is -6.20. The van der Waals surface area contributed by atoms with E-state index in [4.69, 9.17) is 24.5 Å². The molecule has 0 aromatic carbocycles. The Kier molecular flexibility index (Phi) is 7.20. The lowest BCUT2D eigenvalue weighted by atomic mass is 9.88. The Morgan fingerprint density at radius 1 is 1.12 bits per heavy atom. The summed E-state index contributed by atoms with van der Waals surface area (Å²) < 4.78 is 21.6. The second-order valence-electron chi connectivity index (χ2n) is 6.21. The second-order valence-corrected chi connectivity index (χ2v) is 6.21. The van der Waals surface area contributed by atoms with Crippen molar-refractivity contribution in [3.8, 4) is 0 Å². The molecule has 0 radical (unpaired) electrons. The quantitative estimate of drug-likeness (QED) is 0.260. The third-order valence-corrected chi connectivity index (χ3v) is 4.49. The SMILES string of the molecule is C[C@@H]1CO[C@H](O[C@@H]2C(O)[C@H](OCCN=[N+]=[N-])OC[C@H]2O)C(O)[C@H]1C. The van der Waals surface area contributed by atoms with E-state index < -0.39 is 37.0 Å². The van der Waals surface area contributed by atoms with Crippen LogP contribution in [0.5, 0.6) is 0 Å². The maximum atomic E-state index is 10.3. The highest BCUT2D eigenvalue weighted by molar-refractivity contribution is 4.87. The normalized spacial score (nSPS) is 43.2. The van der Waals surface area contributed by atoms with E-state index in [9.17, 15) is 15.3 Å². The van der Waals surface area contributed by atoms with Crippen LogP contribution in [0, 0.1) is 11.8 Å². The molecule has 0 bridgehead atoms. The minimum Gasteiger partial charge on any atom is -0.388 e. The van der Waals surface area contributed by atoms with Gasteiger partial charge in [-0.05, 0) is 17.4 Å². The van der Waals surface area contributed by atoms with Crippen molar-refractivity contribution in [3.63, 3.8) is 0 Å². The van der Waals surface area contributed by atoms with Crippen LogP contribution in [0.3, 0.4) is 0 Å². The van der Waals surface area contributed by atoms with Crippen molar-refractivity contribution in [2.75, 3.05) is 26.4 Å². The van der Waals surface area contributed by atoms with Crippen molar-refractivity contribution in [2.45, 2.75) is 50.8 Å². The fourth-order valence-electron chi connectivity index (χ4n) is 2.70. The predicted molar refractivity (Wildman–Crippen MR) is 80.7 cm³/mol. The molecule has 0 spiro atoms. The lowest BCUT2D eigenvalue weighted by molar-refractivity contribution is -0.326. The maximum Gasteiger partial charge on any atom is 0.186 e. The van der Waals surface area contributed by atoms with E-state index in [0.717, 1.165) is 0 Å². The molecule has 0 aromatic rings. The first-order valence-corrected chi connectivity index (χ1v) is 8.01. The van der Waals surface area contributed by atoms with E-state index in [0.29, 0.717) is 6.61 Å². The Bertz CT molecular complexity index is 448. The van der Waals surface area contributed by atoms with Gasteiger partial charge in [-0.2, -0.15) is 0 Å². The van der Waals surface area contributed by atoms with Gasteiger partial charge in [-0.25, -0.2) is 0 Å². The zero-order chi connectivity index (χ0) is 17.7. The standard InChI is InChI=1S/C14H25N3O7/c1-7-5-22-14(10(19)8(7)2)24-12-9(18)6-23-13(11(12)20)21-4-3-16-17-15/h7-14,18-20H,3-6H2,1-2H3/t7-,8+,9-,10?,11?,12+,13-,14-/m1/s1. The molecule has 138 valence electrons. The number of aliphatic hydroxyl groups is 3. The lowest BCUT2D eigenvalue weighted by Gasteiger charge is -2.42. The highest BCUT2D eigenvalue weighted by Crippen LogP contribution is 2.29. The Labute approximate surface area is 139 Å². The van der Waals surface area contributed by atoms with E-state index in [1.807, 2.05) is 13.8 Å². The summed E-state index contributed by atoms with van der Waals surface area (Å²) in [5.41, 5.74) is 8.21. The smallest absolute Gasteiger partial charge is 0.186 e. The van der Waals surface area contributed by atoms with Crippen LogP contribution in [-0.2, 0) is 18.9 Å². The van der Waals surface area contributed by atoms with E-state index in [1.54, 1.807) is 0 Å². The first-order chi connectivity index (χ1) is 11.5. The third-order valence-electron chi connectivity index (χ3n) is 4.49. The van der Waals surface area contributed by atoms with Gasteiger partial charge in [-0.1, -0.05) is 19.0 Å². The molecule has 10 heteroatoms. The van der Waals surface area contributed by atoms with Gasteiger partial charge in [0.2, 0.25) is 0 Å². The molecule has 24 heavy (non-hydrogen) atoms. The Hall–Kier alpha value is -0.970. The van der Waals surface area contributed by atoms with Gasteiger partial charge in [-0.3, -0.25) is 0 Å². The Morgan fingerprint density at radius 3 is 2.54 bits per heavy atom. The fourth-order valence-corrected chi connectivity index (χ4v) is 2.70. The van der Waals surface area contributed by atoms with Gasteiger partial charge < -0.3 is 34.3 Å². The van der Waals surface area contributed by atoms with Gasteiger partial charge in [0.1, 0.15) is 24.4 Å². The van der Waals surface area contributed by atoms with E-state index >= 15 is 0 Å². The monoisotopic (exact) mass is 347 g/mol. The number of azide groups is 1. The highest BCUT2D eigenvalue weighted by Gasteiger charge is 2.44. The zero-order valence-electron chi connectivity index (χ0n) is 13.8. The Morgan fingerprint density at radius 2 is 1.83 bits per heavy atom. The van der Waals surface area contributed by atoms with Crippen molar-refractivity contribution in [1.29, 1.82) is 0 Å². The molecule has 2 unspecified atom stereocenters. The van der Waals surface area contributed by atoms with Crippen LogP contribution in [-0.4, -0.2) is 78.7 Å². The lowest BCUT2D eigenvalue weighted by Crippen LogP contribution is -2.58. The average Bonchev–Trinajstić information content (AvgIpc) is 2.57. The third kappa shape index (κ3) is 4.56. The maximum absolute atomic E-state index is 10.3. The summed E-state index contributed by atoms with van der Waals surface area (Å²) in [4.78, 5) is 2.60. The van der Waals surface area contributed by atoms with E-state index in [-0.39, 0.29) is 31.6 Å².